The maximum Gasteiger partial charge on any atom is 0.123 e. The Hall–Kier alpha value is -1.06. The highest BCUT2D eigenvalue weighted by Gasteiger charge is 2.31. The molecule has 3 heteroatoms. The highest BCUT2D eigenvalue weighted by molar-refractivity contribution is 5.42. The van der Waals surface area contributed by atoms with Gasteiger partial charge in [0.15, 0.2) is 0 Å². The molecular formula is C17H25NO2. The van der Waals surface area contributed by atoms with Gasteiger partial charge in [-0.05, 0) is 56.8 Å². The molecule has 0 amide bonds. The SMILES string of the molecule is CNC(c1ccc2c(c1)CC(C)(C)O2)C1CCOCC1. The van der Waals surface area contributed by atoms with E-state index in [2.05, 4.69) is 44.4 Å². The highest BCUT2D eigenvalue weighted by Crippen LogP contribution is 2.38. The predicted molar refractivity (Wildman–Crippen MR) is 80.2 cm³/mol. The van der Waals surface area contributed by atoms with Crippen molar-refractivity contribution in [3.63, 3.8) is 0 Å². The summed E-state index contributed by atoms with van der Waals surface area (Å²) < 4.78 is 11.5. The van der Waals surface area contributed by atoms with Gasteiger partial charge in [-0.2, -0.15) is 0 Å². The van der Waals surface area contributed by atoms with Gasteiger partial charge in [-0.25, -0.2) is 0 Å². The minimum Gasteiger partial charge on any atom is -0.487 e. The molecular weight excluding hydrogens is 250 g/mol. The molecule has 0 saturated carbocycles. The molecule has 1 saturated heterocycles. The number of fused-ring (bicyclic) bond motifs is 1. The number of benzene rings is 1. The van der Waals surface area contributed by atoms with Gasteiger partial charge in [-0.3, -0.25) is 0 Å². The fourth-order valence-electron chi connectivity index (χ4n) is 3.55. The van der Waals surface area contributed by atoms with E-state index in [1.165, 1.54) is 11.1 Å². The van der Waals surface area contributed by atoms with E-state index in [1.54, 1.807) is 0 Å². The quantitative estimate of drug-likeness (QED) is 0.919. The molecule has 0 bridgehead atoms. The topological polar surface area (TPSA) is 30.5 Å². The second-order valence-corrected chi connectivity index (χ2v) is 6.62. The lowest BCUT2D eigenvalue weighted by atomic mass is 9.86. The van der Waals surface area contributed by atoms with Gasteiger partial charge in [-0.15, -0.1) is 0 Å². The van der Waals surface area contributed by atoms with Crippen LogP contribution in [0, 0.1) is 5.92 Å². The van der Waals surface area contributed by atoms with Crippen molar-refractivity contribution in [2.75, 3.05) is 20.3 Å². The van der Waals surface area contributed by atoms with Crippen molar-refractivity contribution in [2.24, 2.45) is 5.92 Å². The van der Waals surface area contributed by atoms with Gasteiger partial charge in [0.25, 0.3) is 0 Å². The Morgan fingerprint density at radius 1 is 1.25 bits per heavy atom. The molecule has 20 heavy (non-hydrogen) atoms. The second-order valence-electron chi connectivity index (χ2n) is 6.62. The molecule has 2 aliphatic heterocycles. The van der Waals surface area contributed by atoms with Gasteiger partial charge in [0.1, 0.15) is 11.4 Å². The Bertz CT molecular complexity index is 478. The monoisotopic (exact) mass is 275 g/mol. The van der Waals surface area contributed by atoms with Crippen molar-refractivity contribution in [3.8, 4) is 5.75 Å². The molecule has 3 nitrogen and oxygen atoms in total. The van der Waals surface area contributed by atoms with Crippen molar-refractivity contribution >= 4 is 0 Å². The average Bonchev–Trinajstić information content (AvgIpc) is 2.74. The molecule has 0 spiro atoms. The van der Waals surface area contributed by atoms with E-state index in [0.29, 0.717) is 12.0 Å². The van der Waals surface area contributed by atoms with Gasteiger partial charge in [0.2, 0.25) is 0 Å². The summed E-state index contributed by atoms with van der Waals surface area (Å²) in [5.41, 5.74) is 2.67. The first-order valence-corrected chi connectivity index (χ1v) is 7.66. The molecule has 0 aliphatic carbocycles. The third kappa shape index (κ3) is 2.70. The lowest BCUT2D eigenvalue weighted by Gasteiger charge is -2.30. The molecule has 1 fully saturated rings. The van der Waals surface area contributed by atoms with Crippen molar-refractivity contribution < 1.29 is 9.47 Å². The van der Waals surface area contributed by atoms with Crippen molar-refractivity contribution in [2.45, 2.75) is 44.8 Å². The van der Waals surface area contributed by atoms with Crippen LogP contribution in [0.25, 0.3) is 0 Å². The molecule has 2 heterocycles. The van der Waals surface area contributed by atoms with Crippen LogP contribution in [0.2, 0.25) is 0 Å². The Morgan fingerprint density at radius 2 is 2.00 bits per heavy atom. The Morgan fingerprint density at radius 3 is 2.70 bits per heavy atom. The molecule has 0 aromatic heterocycles. The molecule has 1 atom stereocenters. The van der Waals surface area contributed by atoms with Gasteiger partial charge in [0.05, 0.1) is 0 Å². The standard InChI is InChI=1S/C17H25NO2/c1-17(2)11-14-10-13(4-5-15(14)20-17)16(18-3)12-6-8-19-9-7-12/h4-5,10,12,16,18H,6-9,11H2,1-3H3. The number of ether oxygens (including phenoxy) is 2. The van der Waals surface area contributed by atoms with Crippen LogP contribution in [0.1, 0.15) is 43.9 Å². The van der Waals surface area contributed by atoms with E-state index in [-0.39, 0.29) is 5.60 Å². The van der Waals surface area contributed by atoms with E-state index in [0.717, 1.165) is 38.2 Å². The summed E-state index contributed by atoms with van der Waals surface area (Å²) in [6.07, 6.45) is 3.29. The fraction of sp³-hybridized carbons (Fsp3) is 0.647. The number of hydrogen-bond donors (Lipinski definition) is 1. The predicted octanol–water partition coefficient (Wildman–Crippen LogP) is 3.09. The van der Waals surface area contributed by atoms with Crippen molar-refractivity contribution in [1.29, 1.82) is 0 Å². The first kappa shape index (κ1) is 13.9. The number of nitrogens with one attached hydrogen (secondary N) is 1. The molecule has 1 aromatic carbocycles. The summed E-state index contributed by atoms with van der Waals surface area (Å²) in [7, 11) is 2.06. The second kappa shape index (κ2) is 5.38. The Balaban J connectivity index is 1.83. The summed E-state index contributed by atoms with van der Waals surface area (Å²) >= 11 is 0. The molecule has 0 radical (unpaired) electrons. The van der Waals surface area contributed by atoms with E-state index >= 15 is 0 Å². The van der Waals surface area contributed by atoms with Crippen LogP contribution >= 0.6 is 0 Å². The largest absolute Gasteiger partial charge is 0.487 e. The van der Waals surface area contributed by atoms with E-state index in [4.69, 9.17) is 9.47 Å². The number of rotatable bonds is 3. The van der Waals surface area contributed by atoms with Crippen LogP contribution in [0.3, 0.4) is 0 Å². The third-order valence-corrected chi connectivity index (χ3v) is 4.49. The van der Waals surface area contributed by atoms with Gasteiger partial charge < -0.3 is 14.8 Å². The van der Waals surface area contributed by atoms with Crippen LogP contribution in [0.5, 0.6) is 5.75 Å². The molecule has 110 valence electrons. The van der Waals surface area contributed by atoms with E-state index in [1.807, 2.05) is 0 Å². The Kier molecular flexibility index (Phi) is 3.74. The van der Waals surface area contributed by atoms with Gasteiger partial charge >= 0.3 is 0 Å². The van der Waals surface area contributed by atoms with E-state index in [9.17, 15) is 0 Å². The lowest BCUT2D eigenvalue weighted by molar-refractivity contribution is 0.0546. The zero-order chi connectivity index (χ0) is 14.2. The highest BCUT2D eigenvalue weighted by atomic mass is 16.5. The maximum absolute atomic E-state index is 5.97. The maximum atomic E-state index is 5.97. The first-order valence-electron chi connectivity index (χ1n) is 7.66. The van der Waals surface area contributed by atoms with Gasteiger partial charge in [-0.1, -0.05) is 12.1 Å². The van der Waals surface area contributed by atoms with E-state index < -0.39 is 0 Å². The summed E-state index contributed by atoms with van der Waals surface area (Å²) in [4.78, 5) is 0. The summed E-state index contributed by atoms with van der Waals surface area (Å²) in [5, 5.41) is 3.50. The van der Waals surface area contributed by atoms with Crippen LogP contribution < -0.4 is 10.1 Å². The first-order chi connectivity index (χ1) is 9.59. The van der Waals surface area contributed by atoms with Crippen LogP contribution in [0.4, 0.5) is 0 Å². The minimum atomic E-state index is -0.0607. The molecule has 3 rings (SSSR count). The Labute approximate surface area is 121 Å². The summed E-state index contributed by atoms with van der Waals surface area (Å²) in [6.45, 7) is 6.09. The number of hydrogen-bond acceptors (Lipinski definition) is 3. The molecule has 2 aliphatic rings. The fourth-order valence-corrected chi connectivity index (χ4v) is 3.55. The van der Waals surface area contributed by atoms with Crippen LogP contribution in [0.15, 0.2) is 18.2 Å². The smallest absolute Gasteiger partial charge is 0.123 e. The zero-order valence-corrected chi connectivity index (χ0v) is 12.7. The van der Waals surface area contributed by atoms with Crippen LogP contribution in [-0.2, 0) is 11.2 Å². The normalized spacial score (nSPS) is 23.1. The molecule has 1 aromatic rings. The zero-order valence-electron chi connectivity index (χ0n) is 12.7. The molecule has 1 unspecified atom stereocenters. The average molecular weight is 275 g/mol. The summed E-state index contributed by atoms with van der Waals surface area (Å²) in [5.74, 6) is 1.72. The molecule has 1 N–H and O–H groups in total. The van der Waals surface area contributed by atoms with Gasteiger partial charge in [0, 0.05) is 25.7 Å². The van der Waals surface area contributed by atoms with Crippen molar-refractivity contribution in [3.05, 3.63) is 29.3 Å². The minimum absolute atomic E-state index is 0.0607. The third-order valence-electron chi connectivity index (χ3n) is 4.49. The summed E-state index contributed by atoms with van der Waals surface area (Å²) in [6, 6.07) is 7.12. The van der Waals surface area contributed by atoms with Crippen molar-refractivity contribution in [1.82, 2.24) is 5.32 Å². The van der Waals surface area contributed by atoms with Crippen LogP contribution in [-0.4, -0.2) is 25.9 Å². The lowest BCUT2D eigenvalue weighted by Crippen LogP contribution is -2.30.